The van der Waals surface area contributed by atoms with Crippen LogP contribution in [0.4, 0.5) is 0 Å². The van der Waals surface area contributed by atoms with Crippen LogP contribution in [0.2, 0.25) is 0 Å². The zero-order valence-electron chi connectivity index (χ0n) is 12.6. The molecule has 0 amide bonds. The number of piperidine rings is 1. The van der Waals surface area contributed by atoms with Crippen molar-refractivity contribution in [1.82, 2.24) is 5.32 Å². The number of hydrogen-bond donors (Lipinski definition) is 1. The van der Waals surface area contributed by atoms with E-state index in [0.717, 1.165) is 31.5 Å². The van der Waals surface area contributed by atoms with Gasteiger partial charge >= 0.3 is 0 Å². The van der Waals surface area contributed by atoms with Gasteiger partial charge in [-0.25, -0.2) is 8.42 Å². The lowest BCUT2D eigenvalue weighted by Gasteiger charge is -2.23. The molecule has 0 saturated carbocycles. The minimum absolute atomic E-state index is 0.104. The highest BCUT2D eigenvalue weighted by molar-refractivity contribution is 7.91. The van der Waals surface area contributed by atoms with Crippen LogP contribution in [0.25, 0.3) is 0 Å². The van der Waals surface area contributed by atoms with E-state index in [1.165, 1.54) is 5.56 Å². The molecule has 1 N–H and O–H groups in total. The Morgan fingerprint density at radius 1 is 1.10 bits per heavy atom. The quantitative estimate of drug-likeness (QED) is 0.932. The van der Waals surface area contributed by atoms with E-state index in [1.54, 1.807) is 0 Å². The van der Waals surface area contributed by atoms with Gasteiger partial charge in [-0.05, 0) is 42.5 Å². The maximum absolute atomic E-state index is 12.4. The van der Waals surface area contributed by atoms with Gasteiger partial charge in [0, 0.05) is 0 Å². The third-order valence-corrected chi connectivity index (χ3v) is 6.20. The molecular formula is C16H25NO2S. The van der Waals surface area contributed by atoms with Gasteiger partial charge in [-0.3, -0.25) is 0 Å². The smallest absolute Gasteiger partial charge is 0.157 e. The molecular weight excluding hydrogens is 270 g/mol. The molecule has 0 unspecified atom stereocenters. The Hall–Kier alpha value is -0.870. The van der Waals surface area contributed by atoms with Crippen molar-refractivity contribution >= 4 is 9.84 Å². The van der Waals surface area contributed by atoms with Crippen LogP contribution in [0.1, 0.15) is 44.7 Å². The third kappa shape index (κ3) is 3.83. The first-order valence-electron chi connectivity index (χ1n) is 7.31. The normalized spacial score (nSPS) is 18.1. The molecule has 1 aromatic carbocycles. The molecule has 1 aliphatic rings. The van der Waals surface area contributed by atoms with Gasteiger partial charge in [0.05, 0.1) is 11.0 Å². The molecule has 0 spiro atoms. The fourth-order valence-corrected chi connectivity index (χ4v) is 4.45. The maximum atomic E-state index is 12.4. The van der Waals surface area contributed by atoms with Crippen molar-refractivity contribution in [2.24, 2.45) is 0 Å². The van der Waals surface area contributed by atoms with E-state index in [9.17, 15) is 8.42 Å². The molecule has 20 heavy (non-hydrogen) atoms. The number of hydrogen-bond acceptors (Lipinski definition) is 3. The highest BCUT2D eigenvalue weighted by atomic mass is 32.2. The first-order chi connectivity index (χ1) is 9.29. The fourth-order valence-electron chi connectivity index (χ4n) is 2.61. The van der Waals surface area contributed by atoms with Gasteiger partial charge in [0.15, 0.2) is 9.84 Å². The molecule has 1 fully saturated rings. The molecule has 112 valence electrons. The first kappa shape index (κ1) is 15.5. The van der Waals surface area contributed by atoms with Crippen LogP contribution >= 0.6 is 0 Å². The van der Waals surface area contributed by atoms with Crippen LogP contribution in [0.15, 0.2) is 24.3 Å². The fraction of sp³-hybridized carbons (Fsp3) is 0.625. The van der Waals surface area contributed by atoms with Crippen molar-refractivity contribution in [2.75, 3.05) is 13.1 Å². The third-order valence-electron chi connectivity index (χ3n) is 3.98. The topological polar surface area (TPSA) is 46.2 Å². The highest BCUT2D eigenvalue weighted by Gasteiger charge is 2.27. The summed E-state index contributed by atoms with van der Waals surface area (Å²) in [6, 6.07) is 8.01. The summed E-state index contributed by atoms with van der Waals surface area (Å²) in [6.45, 7) is 8.11. The summed E-state index contributed by atoms with van der Waals surface area (Å²) in [5.74, 6) is 0.169. The van der Waals surface area contributed by atoms with E-state index in [0.29, 0.717) is 0 Å². The van der Waals surface area contributed by atoms with Crippen molar-refractivity contribution in [1.29, 1.82) is 0 Å². The Morgan fingerprint density at radius 2 is 1.65 bits per heavy atom. The van der Waals surface area contributed by atoms with Crippen LogP contribution in [0.3, 0.4) is 0 Å². The first-order valence-corrected chi connectivity index (χ1v) is 9.02. The molecule has 0 bridgehead atoms. The minimum Gasteiger partial charge on any atom is -0.317 e. The molecule has 0 aromatic heterocycles. The van der Waals surface area contributed by atoms with E-state index in [-0.39, 0.29) is 16.4 Å². The van der Waals surface area contributed by atoms with E-state index in [4.69, 9.17) is 0 Å². The molecule has 1 aromatic rings. The van der Waals surface area contributed by atoms with Crippen molar-refractivity contribution in [3.05, 3.63) is 35.4 Å². The van der Waals surface area contributed by atoms with Gasteiger partial charge in [0.25, 0.3) is 0 Å². The second-order valence-electron chi connectivity index (χ2n) is 6.70. The lowest BCUT2D eigenvalue weighted by Crippen LogP contribution is -2.36. The predicted molar refractivity (Wildman–Crippen MR) is 83.7 cm³/mol. The lowest BCUT2D eigenvalue weighted by atomic mass is 9.87. The minimum atomic E-state index is -3.02. The summed E-state index contributed by atoms with van der Waals surface area (Å²) >= 11 is 0. The zero-order valence-corrected chi connectivity index (χ0v) is 13.5. The highest BCUT2D eigenvalue weighted by Crippen LogP contribution is 2.24. The summed E-state index contributed by atoms with van der Waals surface area (Å²) in [7, 11) is -3.02. The summed E-state index contributed by atoms with van der Waals surface area (Å²) < 4.78 is 24.8. The van der Waals surface area contributed by atoms with E-state index >= 15 is 0 Å². The van der Waals surface area contributed by atoms with Gasteiger partial charge < -0.3 is 5.32 Å². The van der Waals surface area contributed by atoms with Gasteiger partial charge in [0.2, 0.25) is 0 Å². The molecule has 1 heterocycles. The van der Waals surface area contributed by atoms with Crippen LogP contribution in [-0.4, -0.2) is 26.8 Å². The average Bonchev–Trinajstić information content (AvgIpc) is 2.39. The maximum Gasteiger partial charge on any atom is 0.157 e. The molecule has 1 saturated heterocycles. The number of rotatable bonds is 3. The predicted octanol–water partition coefficient (Wildman–Crippen LogP) is 2.65. The number of benzene rings is 1. The molecule has 0 aliphatic carbocycles. The summed E-state index contributed by atoms with van der Waals surface area (Å²) in [5.41, 5.74) is 2.24. The summed E-state index contributed by atoms with van der Waals surface area (Å²) in [5, 5.41) is 3.04. The second-order valence-corrected chi connectivity index (χ2v) is 8.98. The average molecular weight is 295 g/mol. The van der Waals surface area contributed by atoms with Gasteiger partial charge in [0.1, 0.15) is 0 Å². The number of nitrogens with one attached hydrogen (secondary N) is 1. The van der Waals surface area contributed by atoms with Crippen LogP contribution in [-0.2, 0) is 21.0 Å². The van der Waals surface area contributed by atoms with Gasteiger partial charge in [-0.15, -0.1) is 0 Å². The van der Waals surface area contributed by atoms with E-state index < -0.39 is 9.84 Å². The monoisotopic (exact) mass is 295 g/mol. The van der Waals surface area contributed by atoms with Crippen LogP contribution in [0, 0.1) is 0 Å². The largest absolute Gasteiger partial charge is 0.317 e. The molecule has 0 atom stereocenters. The van der Waals surface area contributed by atoms with E-state index in [1.807, 2.05) is 24.3 Å². The van der Waals surface area contributed by atoms with Crippen molar-refractivity contribution in [3.8, 4) is 0 Å². The van der Waals surface area contributed by atoms with E-state index in [2.05, 4.69) is 26.1 Å². The van der Waals surface area contributed by atoms with Crippen LogP contribution < -0.4 is 5.32 Å². The Bertz CT molecular complexity index is 535. The van der Waals surface area contributed by atoms with Gasteiger partial charge in [-0.2, -0.15) is 0 Å². The molecule has 1 aliphatic heterocycles. The molecule has 0 radical (unpaired) electrons. The van der Waals surface area contributed by atoms with Crippen LogP contribution in [0.5, 0.6) is 0 Å². The molecule has 3 nitrogen and oxygen atoms in total. The summed E-state index contributed by atoms with van der Waals surface area (Å²) in [6.07, 6.45) is 1.48. The van der Waals surface area contributed by atoms with Crippen molar-refractivity contribution < 1.29 is 8.42 Å². The molecule has 4 heteroatoms. The van der Waals surface area contributed by atoms with Gasteiger partial charge in [-0.1, -0.05) is 45.0 Å². The lowest BCUT2D eigenvalue weighted by molar-refractivity contribution is 0.496. The Kier molecular flexibility index (Phi) is 4.55. The number of sulfone groups is 1. The standard InChI is InChI=1S/C16H25NO2S/c1-16(2,3)14-6-4-13(5-7-14)12-20(18,19)15-8-10-17-11-9-15/h4-7,15,17H,8-12H2,1-3H3. The Morgan fingerprint density at radius 3 is 2.15 bits per heavy atom. The second kappa shape index (κ2) is 5.86. The SMILES string of the molecule is CC(C)(C)c1ccc(CS(=O)(=O)C2CCNCC2)cc1. The van der Waals surface area contributed by atoms with Crippen molar-refractivity contribution in [2.45, 2.75) is 50.0 Å². The Labute approximate surface area is 122 Å². The molecule has 2 rings (SSSR count). The van der Waals surface area contributed by atoms with Crippen molar-refractivity contribution in [3.63, 3.8) is 0 Å². The summed E-state index contributed by atoms with van der Waals surface area (Å²) in [4.78, 5) is 0. The zero-order chi connectivity index (χ0) is 14.8. The Balaban J connectivity index is 2.09.